The normalized spacial score (nSPS) is 11.9. The van der Waals surface area contributed by atoms with Gasteiger partial charge in [-0.1, -0.05) is 22.9 Å². The molecular weight excluding hydrogens is 214 g/mol. The van der Waals surface area contributed by atoms with Gasteiger partial charge in [-0.3, -0.25) is 5.01 Å². The summed E-state index contributed by atoms with van der Waals surface area (Å²) in [5.74, 6) is 0. The second-order valence-electron chi connectivity index (χ2n) is 3.31. The van der Waals surface area contributed by atoms with E-state index < -0.39 is 10.0 Å². The summed E-state index contributed by atoms with van der Waals surface area (Å²) in [5.41, 5.74) is 0.999. The van der Waals surface area contributed by atoms with Crippen LogP contribution in [0.1, 0.15) is 5.56 Å². The van der Waals surface area contributed by atoms with Crippen molar-refractivity contribution in [1.82, 2.24) is 5.01 Å². The summed E-state index contributed by atoms with van der Waals surface area (Å²) in [4.78, 5) is 0.152. The van der Waals surface area contributed by atoms with Gasteiger partial charge in [0, 0.05) is 14.1 Å². The standard InChI is InChI=1S/C9H13N3O2S/c1-8-4-6-9(7-5-8)15(13,14)11-10-12(2)3/h4-7H,1-3H3. The Morgan fingerprint density at radius 2 is 1.67 bits per heavy atom. The average molecular weight is 227 g/mol. The number of benzene rings is 1. The van der Waals surface area contributed by atoms with Crippen LogP contribution in [0.3, 0.4) is 0 Å². The predicted molar refractivity (Wildman–Crippen MR) is 56.9 cm³/mol. The van der Waals surface area contributed by atoms with Crippen molar-refractivity contribution < 1.29 is 8.42 Å². The minimum atomic E-state index is -3.66. The summed E-state index contributed by atoms with van der Waals surface area (Å²) in [6, 6.07) is 6.47. The highest BCUT2D eigenvalue weighted by molar-refractivity contribution is 7.90. The van der Waals surface area contributed by atoms with E-state index in [9.17, 15) is 8.42 Å². The van der Waals surface area contributed by atoms with E-state index in [1.807, 2.05) is 6.92 Å². The molecule has 0 amide bonds. The summed E-state index contributed by atoms with van der Waals surface area (Å²) in [7, 11) is -0.445. The minimum absolute atomic E-state index is 0.152. The average Bonchev–Trinajstić information content (AvgIpc) is 2.16. The van der Waals surface area contributed by atoms with Crippen molar-refractivity contribution in [3.05, 3.63) is 29.8 Å². The zero-order valence-corrected chi connectivity index (χ0v) is 9.69. The number of rotatable bonds is 3. The summed E-state index contributed by atoms with van der Waals surface area (Å²) >= 11 is 0. The molecule has 0 aliphatic rings. The fraction of sp³-hybridized carbons (Fsp3) is 0.333. The van der Waals surface area contributed by atoms with Crippen molar-refractivity contribution >= 4 is 10.0 Å². The van der Waals surface area contributed by atoms with Gasteiger partial charge >= 0.3 is 10.0 Å². The van der Waals surface area contributed by atoms with Crippen LogP contribution in [0.5, 0.6) is 0 Å². The predicted octanol–water partition coefficient (Wildman–Crippen LogP) is 1.61. The molecule has 0 heterocycles. The van der Waals surface area contributed by atoms with Crippen LogP contribution in [0.15, 0.2) is 38.9 Å². The maximum atomic E-state index is 11.6. The van der Waals surface area contributed by atoms with Gasteiger partial charge in [-0.05, 0) is 23.6 Å². The van der Waals surface area contributed by atoms with Gasteiger partial charge in [0.25, 0.3) is 0 Å². The molecule has 0 unspecified atom stereocenters. The highest BCUT2D eigenvalue weighted by Gasteiger charge is 2.12. The lowest BCUT2D eigenvalue weighted by molar-refractivity contribution is 0.410. The molecule has 1 rings (SSSR count). The molecule has 0 fully saturated rings. The lowest BCUT2D eigenvalue weighted by Gasteiger charge is -2.01. The molecule has 0 aromatic heterocycles. The van der Waals surface area contributed by atoms with Crippen LogP contribution < -0.4 is 0 Å². The second-order valence-corrected chi connectivity index (χ2v) is 4.89. The first-order valence-corrected chi connectivity index (χ1v) is 5.78. The van der Waals surface area contributed by atoms with Gasteiger partial charge in [0.15, 0.2) is 0 Å². The molecule has 1 aromatic rings. The van der Waals surface area contributed by atoms with Gasteiger partial charge in [-0.15, -0.1) is 0 Å². The fourth-order valence-corrected chi connectivity index (χ4v) is 1.69. The van der Waals surface area contributed by atoms with Gasteiger partial charge in [-0.2, -0.15) is 8.42 Å². The van der Waals surface area contributed by atoms with Gasteiger partial charge in [-0.25, -0.2) is 0 Å². The highest BCUT2D eigenvalue weighted by atomic mass is 32.2. The van der Waals surface area contributed by atoms with Crippen molar-refractivity contribution in [2.45, 2.75) is 11.8 Å². The molecule has 0 aliphatic carbocycles. The monoisotopic (exact) mass is 227 g/mol. The summed E-state index contributed by atoms with van der Waals surface area (Å²) < 4.78 is 26.4. The third-order valence-corrected chi connectivity index (χ3v) is 2.80. The minimum Gasteiger partial charge on any atom is -0.284 e. The third kappa shape index (κ3) is 3.32. The quantitative estimate of drug-likeness (QED) is 0.582. The van der Waals surface area contributed by atoms with Crippen LogP contribution in [0.2, 0.25) is 0 Å². The van der Waals surface area contributed by atoms with Crippen molar-refractivity contribution in [3.63, 3.8) is 0 Å². The first-order valence-electron chi connectivity index (χ1n) is 4.34. The molecule has 0 saturated carbocycles. The van der Waals surface area contributed by atoms with Gasteiger partial charge in [0.05, 0.1) is 4.90 Å². The number of hydrogen-bond donors (Lipinski definition) is 0. The molecule has 0 spiro atoms. The van der Waals surface area contributed by atoms with E-state index >= 15 is 0 Å². The van der Waals surface area contributed by atoms with Crippen LogP contribution in [0, 0.1) is 6.92 Å². The molecule has 0 bridgehead atoms. The first-order chi connectivity index (χ1) is 6.92. The van der Waals surface area contributed by atoms with E-state index in [4.69, 9.17) is 0 Å². The molecule has 0 radical (unpaired) electrons. The van der Waals surface area contributed by atoms with Crippen molar-refractivity contribution in [1.29, 1.82) is 0 Å². The topological polar surface area (TPSA) is 62.1 Å². The van der Waals surface area contributed by atoms with E-state index in [-0.39, 0.29) is 4.90 Å². The molecule has 0 N–H and O–H groups in total. The lowest BCUT2D eigenvalue weighted by atomic mass is 10.2. The highest BCUT2D eigenvalue weighted by Crippen LogP contribution is 2.13. The maximum Gasteiger partial charge on any atom is 0.301 e. The van der Waals surface area contributed by atoms with E-state index in [1.54, 1.807) is 26.2 Å². The molecular formula is C9H13N3O2S. The Kier molecular flexibility index (Phi) is 3.41. The maximum absolute atomic E-state index is 11.6. The molecule has 6 heteroatoms. The molecule has 82 valence electrons. The Balaban J connectivity index is 3.02. The third-order valence-electron chi connectivity index (χ3n) is 1.64. The second kappa shape index (κ2) is 4.39. The van der Waals surface area contributed by atoms with Gasteiger partial charge < -0.3 is 0 Å². The zero-order chi connectivity index (χ0) is 11.5. The van der Waals surface area contributed by atoms with Gasteiger partial charge in [0.2, 0.25) is 0 Å². The molecule has 5 nitrogen and oxygen atoms in total. The van der Waals surface area contributed by atoms with Crippen molar-refractivity contribution in [2.75, 3.05) is 14.1 Å². The Labute approximate surface area is 89.5 Å². The number of hydrogen-bond acceptors (Lipinski definition) is 3. The Morgan fingerprint density at radius 1 is 1.13 bits per heavy atom. The van der Waals surface area contributed by atoms with Crippen LogP contribution >= 0.6 is 0 Å². The van der Waals surface area contributed by atoms with E-state index in [0.29, 0.717) is 0 Å². The smallest absolute Gasteiger partial charge is 0.284 e. The summed E-state index contributed by atoms with van der Waals surface area (Å²) in [6.45, 7) is 1.89. The molecule has 0 saturated heterocycles. The fourth-order valence-electron chi connectivity index (χ4n) is 0.878. The van der Waals surface area contributed by atoms with Crippen LogP contribution in [0.25, 0.3) is 0 Å². The summed E-state index contributed by atoms with van der Waals surface area (Å²) in [6.07, 6.45) is 0. The molecule has 15 heavy (non-hydrogen) atoms. The Morgan fingerprint density at radius 3 is 2.13 bits per heavy atom. The largest absolute Gasteiger partial charge is 0.301 e. The van der Waals surface area contributed by atoms with Crippen LogP contribution in [-0.2, 0) is 10.0 Å². The Hall–Kier alpha value is -1.43. The number of aryl methyl sites for hydroxylation is 1. The van der Waals surface area contributed by atoms with Crippen molar-refractivity contribution in [2.24, 2.45) is 9.74 Å². The number of nitrogens with zero attached hydrogens (tertiary/aromatic N) is 3. The molecule has 1 aromatic carbocycles. The van der Waals surface area contributed by atoms with E-state index in [0.717, 1.165) is 5.56 Å². The van der Waals surface area contributed by atoms with E-state index in [1.165, 1.54) is 17.1 Å². The SMILES string of the molecule is Cc1ccc(S(=O)(=O)N=NN(C)C)cc1. The van der Waals surface area contributed by atoms with Crippen LogP contribution in [0.4, 0.5) is 0 Å². The number of sulfonamides is 1. The zero-order valence-electron chi connectivity index (χ0n) is 8.88. The first kappa shape index (κ1) is 11.6. The summed E-state index contributed by atoms with van der Waals surface area (Å²) in [5, 5.41) is 4.79. The van der Waals surface area contributed by atoms with Crippen LogP contribution in [-0.4, -0.2) is 27.5 Å². The molecule has 0 aliphatic heterocycles. The Bertz CT molecular complexity index is 449. The van der Waals surface area contributed by atoms with Crippen molar-refractivity contribution in [3.8, 4) is 0 Å². The lowest BCUT2D eigenvalue weighted by Crippen LogP contribution is -2.03. The van der Waals surface area contributed by atoms with E-state index in [2.05, 4.69) is 9.74 Å². The molecule has 0 atom stereocenters. The van der Waals surface area contributed by atoms with Gasteiger partial charge in [0.1, 0.15) is 0 Å².